The Kier molecular flexibility index (Phi) is 13.7. The number of guanidine groups is 2. The Morgan fingerprint density at radius 3 is 1.39 bits per heavy atom. The molecule has 0 aliphatic carbocycles. The van der Waals surface area contributed by atoms with E-state index in [-0.39, 0.29) is 23.6 Å². The van der Waals surface area contributed by atoms with Gasteiger partial charge in [0.1, 0.15) is 11.4 Å². The van der Waals surface area contributed by atoms with E-state index in [0.717, 1.165) is 38.8 Å². The van der Waals surface area contributed by atoms with Crippen molar-refractivity contribution >= 4 is 46.9 Å². The zero-order valence-electron chi connectivity index (χ0n) is 32.6. The molecule has 0 unspecified atom stereocenters. The fraction of sp³-hybridized carbons (Fsp3) is 0.500. The molecule has 0 atom stereocenters. The number of anilines is 2. The van der Waals surface area contributed by atoms with Crippen LogP contribution in [0.3, 0.4) is 0 Å². The fourth-order valence-corrected chi connectivity index (χ4v) is 6.32. The minimum Gasteiger partial charge on any atom is -0.356 e. The summed E-state index contributed by atoms with van der Waals surface area (Å²) >= 11 is 0. The molecule has 4 amide bonds. The Balaban J connectivity index is 1.29. The third-order valence-electron chi connectivity index (χ3n) is 9.44. The van der Waals surface area contributed by atoms with E-state index in [1.54, 1.807) is 58.6 Å². The summed E-state index contributed by atoms with van der Waals surface area (Å²) in [4.78, 5) is 66.6. The molecule has 0 spiro atoms. The average molecular weight is 741 g/mol. The highest BCUT2D eigenvalue weighted by Gasteiger charge is 2.27. The fourth-order valence-electron chi connectivity index (χ4n) is 6.32. The van der Waals surface area contributed by atoms with E-state index in [1.165, 1.54) is 0 Å². The first-order valence-electron chi connectivity index (χ1n) is 19.3. The van der Waals surface area contributed by atoms with Gasteiger partial charge in [0.15, 0.2) is 0 Å². The van der Waals surface area contributed by atoms with Gasteiger partial charge in [0, 0.05) is 75.9 Å². The van der Waals surface area contributed by atoms with Crippen molar-refractivity contribution in [3.8, 4) is 0 Å². The third-order valence-corrected chi connectivity index (χ3v) is 9.44. The molecule has 3 aromatic rings. The summed E-state index contributed by atoms with van der Waals surface area (Å²) in [5, 5.41) is 12.3. The van der Waals surface area contributed by atoms with Crippen LogP contribution in [0.15, 0.2) is 58.8 Å². The van der Waals surface area contributed by atoms with Crippen molar-refractivity contribution in [2.24, 2.45) is 21.8 Å². The monoisotopic (exact) mass is 740 g/mol. The van der Waals surface area contributed by atoms with Crippen molar-refractivity contribution in [3.63, 3.8) is 0 Å². The summed E-state index contributed by atoms with van der Waals surface area (Å²) in [5.41, 5.74) is 2.67. The molecule has 2 aliphatic rings. The molecule has 2 aliphatic heterocycles. The summed E-state index contributed by atoms with van der Waals surface area (Å²) in [6.45, 7) is 17.4. The second-order valence-corrected chi connectivity index (χ2v) is 14.5. The molecule has 14 heteroatoms. The van der Waals surface area contributed by atoms with Crippen LogP contribution in [-0.4, -0.2) is 93.8 Å². The number of aromatic nitrogens is 2. The number of aryl methyl sites for hydroxylation is 2. The number of hydrogen-bond acceptors (Lipinski definition) is 8. The number of rotatable bonds is 14. The number of nitrogens with zero attached hydrogens (tertiary/aromatic N) is 6. The van der Waals surface area contributed by atoms with Crippen LogP contribution in [-0.2, 0) is 13.1 Å². The van der Waals surface area contributed by atoms with Crippen molar-refractivity contribution in [3.05, 3.63) is 71.3 Å². The number of carbonyl (C=O) groups is 4. The maximum Gasteiger partial charge on any atom is 0.277 e. The third kappa shape index (κ3) is 9.97. The zero-order valence-corrected chi connectivity index (χ0v) is 32.6. The van der Waals surface area contributed by atoms with E-state index in [2.05, 4.69) is 58.9 Å². The van der Waals surface area contributed by atoms with E-state index >= 15 is 0 Å². The van der Waals surface area contributed by atoms with Crippen LogP contribution in [0.25, 0.3) is 0 Å². The van der Waals surface area contributed by atoms with Gasteiger partial charge in [0.2, 0.25) is 11.9 Å². The Morgan fingerprint density at radius 2 is 1.07 bits per heavy atom. The molecule has 0 bridgehead atoms. The molecule has 0 fully saturated rings. The van der Waals surface area contributed by atoms with Crippen molar-refractivity contribution in [2.45, 2.75) is 80.3 Å². The van der Waals surface area contributed by atoms with E-state index < -0.39 is 0 Å². The zero-order chi connectivity index (χ0) is 38.8. The van der Waals surface area contributed by atoms with Crippen molar-refractivity contribution in [1.29, 1.82) is 0 Å². The predicted molar refractivity (Wildman–Crippen MR) is 213 cm³/mol. The highest BCUT2D eigenvalue weighted by atomic mass is 16.2. The van der Waals surface area contributed by atoms with Crippen LogP contribution < -0.4 is 21.3 Å². The average Bonchev–Trinajstić information content (AvgIpc) is 3.78. The number of benzene rings is 1. The highest BCUT2D eigenvalue weighted by Crippen LogP contribution is 2.22. The van der Waals surface area contributed by atoms with Crippen LogP contribution in [0.2, 0.25) is 0 Å². The van der Waals surface area contributed by atoms with Crippen LogP contribution >= 0.6 is 0 Å². The summed E-state index contributed by atoms with van der Waals surface area (Å²) in [6, 6.07) is 9.80. The predicted octanol–water partition coefficient (Wildman–Crippen LogP) is 5.51. The number of carbonyl (C=O) groups excluding carboxylic acids is 4. The summed E-state index contributed by atoms with van der Waals surface area (Å²) in [7, 11) is 0. The lowest BCUT2D eigenvalue weighted by Crippen LogP contribution is -2.47. The number of nitrogens with one attached hydrogen (secondary N) is 4. The smallest absolute Gasteiger partial charge is 0.277 e. The van der Waals surface area contributed by atoms with Gasteiger partial charge in [-0.2, -0.15) is 0 Å². The summed E-state index contributed by atoms with van der Waals surface area (Å²) in [6.07, 6.45) is 7.16. The molecule has 1 aromatic carbocycles. The SMILES string of the molecule is CCN(C(=O)c1cc(NC(=O)c2ccc(C(=O)Nc3cc(C(=O)N(CC)C4=NCCCN4)n(CCC(C)C)c3)cc2)cn1CCC(C)C)C1=NCCCN1. The summed E-state index contributed by atoms with van der Waals surface area (Å²) < 4.78 is 3.79. The van der Waals surface area contributed by atoms with Crippen LogP contribution in [0, 0.1) is 11.8 Å². The van der Waals surface area contributed by atoms with Gasteiger partial charge in [-0.05, 0) is 87.8 Å². The highest BCUT2D eigenvalue weighted by molar-refractivity contribution is 6.10. The van der Waals surface area contributed by atoms with Gasteiger partial charge < -0.3 is 30.4 Å². The van der Waals surface area contributed by atoms with Gasteiger partial charge in [-0.1, -0.05) is 27.7 Å². The van der Waals surface area contributed by atoms with Crippen molar-refractivity contribution < 1.29 is 19.2 Å². The van der Waals surface area contributed by atoms with Crippen LogP contribution in [0.5, 0.6) is 0 Å². The lowest BCUT2D eigenvalue weighted by molar-refractivity contribution is 0.0828. The molecule has 54 heavy (non-hydrogen) atoms. The Morgan fingerprint density at radius 1 is 0.685 bits per heavy atom. The molecule has 290 valence electrons. The quantitative estimate of drug-likeness (QED) is 0.171. The standard InChI is InChI=1S/C40H56N10O4/c1-7-49(39-41-17-9-18-42-39)37(53)33-23-31(25-47(33)21-15-27(3)4)45-35(51)29-11-13-30(14-12-29)36(52)46-32-24-34(48(26-32)22-16-28(5)6)38(54)50(8-2)40-43-19-10-20-44-40/h11-14,23-28H,7-10,15-22H2,1-6H3,(H,41,42)(H,43,44)(H,45,51)(H,46,52). The normalized spacial score (nSPS) is 14.1. The van der Waals surface area contributed by atoms with E-state index in [0.29, 0.717) is 96.9 Å². The Bertz CT molecular complexity index is 1720. The first-order chi connectivity index (χ1) is 26.0. The molecule has 2 aromatic heterocycles. The van der Waals surface area contributed by atoms with Gasteiger partial charge in [0.25, 0.3) is 23.6 Å². The Labute approximate surface area is 318 Å². The molecule has 0 saturated carbocycles. The minimum absolute atomic E-state index is 0.185. The van der Waals surface area contributed by atoms with Gasteiger partial charge in [-0.15, -0.1) is 0 Å². The minimum atomic E-state index is -0.365. The van der Waals surface area contributed by atoms with Crippen LogP contribution in [0.4, 0.5) is 11.4 Å². The second kappa shape index (κ2) is 18.6. The number of amides is 4. The largest absolute Gasteiger partial charge is 0.356 e. The molecule has 0 saturated heterocycles. The Hall–Kier alpha value is -5.40. The van der Waals surface area contributed by atoms with Gasteiger partial charge in [0.05, 0.1) is 11.4 Å². The van der Waals surface area contributed by atoms with Crippen molar-refractivity contribution in [1.82, 2.24) is 29.6 Å². The maximum atomic E-state index is 13.8. The molecule has 0 radical (unpaired) electrons. The molecular weight excluding hydrogens is 685 g/mol. The molecule has 14 nitrogen and oxygen atoms in total. The second-order valence-electron chi connectivity index (χ2n) is 14.5. The lowest BCUT2D eigenvalue weighted by Gasteiger charge is -2.26. The first kappa shape index (κ1) is 39.8. The van der Waals surface area contributed by atoms with Gasteiger partial charge >= 0.3 is 0 Å². The van der Waals surface area contributed by atoms with E-state index in [4.69, 9.17) is 0 Å². The molecule has 4 heterocycles. The van der Waals surface area contributed by atoms with Gasteiger partial charge in [-0.25, -0.2) is 0 Å². The van der Waals surface area contributed by atoms with Crippen LogP contribution in [0.1, 0.15) is 109 Å². The molecular formula is C40H56N10O4. The number of hydrogen-bond donors (Lipinski definition) is 4. The van der Waals surface area contributed by atoms with Gasteiger partial charge in [-0.3, -0.25) is 39.0 Å². The van der Waals surface area contributed by atoms with E-state index in [9.17, 15) is 19.2 Å². The first-order valence-corrected chi connectivity index (χ1v) is 19.3. The maximum absolute atomic E-state index is 13.8. The summed E-state index contributed by atoms with van der Waals surface area (Å²) in [5.74, 6) is 0.898. The lowest BCUT2D eigenvalue weighted by atomic mass is 10.1. The van der Waals surface area contributed by atoms with E-state index in [1.807, 2.05) is 23.0 Å². The number of aliphatic imine (C=N–C) groups is 2. The topological polar surface area (TPSA) is 157 Å². The molecule has 5 rings (SSSR count). The molecule has 4 N–H and O–H groups in total. The van der Waals surface area contributed by atoms with Crippen molar-refractivity contribution in [2.75, 3.05) is 49.9 Å².